The minimum absolute atomic E-state index is 0.113. The fourth-order valence-electron chi connectivity index (χ4n) is 3.96. The first-order valence-electron chi connectivity index (χ1n) is 8.39. The van der Waals surface area contributed by atoms with Gasteiger partial charge in [0.15, 0.2) is 0 Å². The maximum Gasteiger partial charge on any atom is 0.264 e. The summed E-state index contributed by atoms with van der Waals surface area (Å²) in [7, 11) is -3.68. The van der Waals surface area contributed by atoms with Crippen molar-refractivity contribution in [1.82, 2.24) is 10.3 Å². The summed E-state index contributed by atoms with van der Waals surface area (Å²) in [5, 5.41) is 3.56. The fourth-order valence-corrected chi connectivity index (χ4v) is 5.77. The van der Waals surface area contributed by atoms with Gasteiger partial charge in [-0.25, -0.2) is 13.4 Å². The van der Waals surface area contributed by atoms with E-state index in [1.54, 1.807) is 4.31 Å². The van der Waals surface area contributed by atoms with Gasteiger partial charge in [-0.15, -0.1) is 0 Å². The molecule has 0 radical (unpaired) electrons. The molecule has 1 aromatic heterocycles. The predicted molar refractivity (Wildman–Crippen MR) is 98.7 cm³/mol. The summed E-state index contributed by atoms with van der Waals surface area (Å²) in [4.78, 5) is 4.08. The molecule has 1 N–H and O–H groups in total. The van der Waals surface area contributed by atoms with Crippen LogP contribution < -0.4 is 9.62 Å². The van der Waals surface area contributed by atoms with Gasteiger partial charge in [-0.2, -0.15) is 0 Å². The summed E-state index contributed by atoms with van der Waals surface area (Å²) in [6.45, 7) is 4.28. The average molecular weight is 378 g/mol. The molecular weight excluding hydrogens is 358 g/mol. The van der Waals surface area contributed by atoms with E-state index < -0.39 is 10.0 Å². The second-order valence-corrected chi connectivity index (χ2v) is 9.13. The highest BCUT2D eigenvalue weighted by Gasteiger charge is 2.47. The van der Waals surface area contributed by atoms with Crippen molar-refractivity contribution in [2.45, 2.75) is 30.1 Å². The van der Waals surface area contributed by atoms with Crippen LogP contribution in [0, 0.1) is 6.92 Å². The van der Waals surface area contributed by atoms with Crippen LogP contribution in [0.15, 0.2) is 41.4 Å². The summed E-state index contributed by atoms with van der Waals surface area (Å²) >= 11 is 5.92. The van der Waals surface area contributed by atoms with Gasteiger partial charge in [0.1, 0.15) is 5.15 Å². The van der Waals surface area contributed by atoms with Gasteiger partial charge in [0.2, 0.25) is 0 Å². The molecule has 3 heterocycles. The van der Waals surface area contributed by atoms with Crippen molar-refractivity contribution in [2.75, 3.05) is 23.9 Å². The summed E-state index contributed by atoms with van der Waals surface area (Å²) in [5.41, 5.74) is 2.88. The van der Waals surface area contributed by atoms with Gasteiger partial charge in [-0.05, 0) is 62.2 Å². The molecule has 25 heavy (non-hydrogen) atoms. The average Bonchev–Trinajstić information content (AvgIpc) is 2.90. The van der Waals surface area contributed by atoms with Crippen molar-refractivity contribution >= 4 is 27.3 Å². The topological polar surface area (TPSA) is 62.3 Å². The standard InChI is InChI=1S/C18H20ClN3O2S/c1-13-2-3-15-16(10-13)22(12-18(15)5-8-20-9-6-18)25(23,24)14-4-7-21-17(19)11-14/h2-4,7,10-11,20H,5-6,8-9,12H2,1H3. The number of aromatic nitrogens is 1. The van der Waals surface area contributed by atoms with Gasteiger partial charge in [-0.3, -0.25) is 4.31 Å². The Balaban J connectivity index is 1.85. The molecule has 7 heteroatoms. The maximum atomic E-state index is 13.3. The van der Waals surface area contributed by atoms with E-state index in [1.165, 1.54) is 18.3 Å². The minimum Gasteiger partial charge on any atom is -0.317 e. The number of hydrogen-bond donors (Lipinski definition) is 1. The second kappa shape index (κ2) is 5.97. The lowest BCUT2D eigenvalue weighted by Gasteiger charge is -2.34. The Morgan fingerprint density at radius 3 is 2.68 bits per heavy atom. The Labute approximate surface area is 153 Å². The van der Waals surface area contributed by atoms with Crippen molar-refractivity contribution in [3.8, 4) is 0 Å². The first-order chi connectivity index (χ1) is 11.9. The molecule has 2 aliphatic rings. The SMILES string of the molecule is Cc1ccc2c(c1)N(S(=O)(=O)c1ccnc(Cl)c1)CC21CCNCC1. The van der Waals surface area contributed by atoms with E-state index in [0.717, 1.165) is 42.7 Å². The Morgan fingerprint density at radius 2 is 1.96 bits per heavy atom. The first kappa shape index (κ1) is 16.8. The lowest BCUT2D eigenvalue weighted by molar-refractivity contribution is 0.330. The molecule has 0 unspecified atom stereocenters. The molecule has 0 bridgehead atoms. The molecule has 2 aromatic rings. The number of aryl methyl sites for hydroxylation is 1. The van der Waals surface area contributed by atoms with E-state index in [1.807, 2.05) is 13.0 Å². The van der Waals surface area contributed by atoms with Crippen LogP contribution in [-0.2, 0) is 15.4 Å². The molecule has 4 rings (SSSR count). The number of nitrogens with zero attached hydrogens (tertiary/aromatic N) is 2. The molecular formula is C18H20ClN3O2S. The van der Waals surface area contributed by atoms with Gasteiger partial charge in [-0.1, -0.05) is 23.7 Å². The zero-order valence-electron chi connectivity index (χ0n) is 14.0. The van der Waals surface area contributed by atoms with E-state index in [2.05, 4.69) is 22.4 Å². The number of pyridine rings is 1. The quantitative estimate of drug-likeness (QED) is 0.817. The molecule has 1 fully saturated rings. The van der Waals surface area contributed by atoms with E-state index in [-0.39, 0.29) is 15.5 Å². The number of piperidine rings is 1. The van der Waals surface area contributed by atoms with Crippen LogP contribution >= 0.6 is 11.6 Å². The predicted octanol–water partition coefficient (Wildman–Crippen LogP) is 2.87. The number of halogens is 1. The Morgan fingerprint density at radius 1 is 1.20 bits per heavy atom. The summed E-state index contributed by atoms with van der Waals surface area (Å²) in [6.07, 6.45) is 3.31. The molecule has 1 spiro atoms. The summed E-state index contributed by atoms with van der Waals surface area (Å²) < 4.78 is 28.2. The molecule has 0 saturated carbocycles. The normalized spacial score (nSPS) is 19.2. The van der Waals surface area contributed by atoms with E-state index in [4.69, 9.17) is 11.6 Å². The Hall–Kier alpha value is -1.63. The van der Waals surface area contributed by atoms with Crippen molar-refractivity contribution in [3.05, 3.63) is 52.8 Å². The van der Waals surface area contributed by atoms with Gasteiger partial charge < -0.3 is 5.32 Å². The summed E-state index contributed by atoms with van der Waals surface area (Å²) in [6, 6.07) is 9.07. The van der Waals surface area contributed by atoms with Crippen LogP contribution in [0.1, 0.15) is 24.0 Å². The number of nitrogens with one attached hydrogen (secondary N) is 1. The molecule has 0 amide bonds. The second-order valence-electron chi connectivity index (χ2n) is 6.88. The van der Waals surface area contributed by atoms with Gasteiger partial charge >= 0.3 is 0 Å². The smallest absolute Gasteiger partial charge is 0.264 e. The molecule has 132 valence electrons. The van der Waals surface area contributed by atoms with Gasteiger partial charge in [0.05, 0.1) is 10.6 Å². The van der Waals surface area contributed by atoms with Crippen molar-refractivity contribution in [1.29, 1.82) is 0 Å². The van der Waals surface area contributed by atoms with Crippen molar-refractivity contribution < 1.29 is 8.42 Å². The molecule has 1 saturated heterocycles. The van der Waals surface area contributed by atoms with Crippen LogP contribution in [-0.4, -0.2) is 33.0 Å². The van der Waals surface area contributed by atoms with E-state index >= 15 is 0 Å². The van der Waals surface area contributed by atoms with Crippen LogP contribution in [0.3, 0.4) is 0 Å². The van der Waals surface area contributed by atoms with Gasteiger partial charge in [0, 0.05) is 18.2 Å². The van der Waals surface area contributed by atoms with Crippen LogP contribution in [0.4, 0.5) is 5.69 Å². The van der Waals surface area contributed by atoms with Gasteiger partial charge in [0.25, 0.3) is 10.0 Å². The lowest BCUT2D eigenvalue weighted by Crippen LogP contribution is -2.44. The number of benzene rings is 1. The third kappa shape index (κ3) is 2.72. The Bertz CT molecular complexity index is 924. The highest BCUT2D eigenvalue weighted by atomic mass is 35.5. The van der Waals surface area contributed by atoms with E-state index in [0.29, 0.717) is 6.54 Å². The maximum absolute atomic E-state index is 13.3. The highest BCUT2D eigenvalue weighted by Crippen LogP contribution is 2.48. The molecule has 2 aliphatic heterocycles. The number of rotatable bonds is 2. The van der Waals surface area contributed by atoms with Crippen LogP contribution in [0.2, 0.25) is 5.15 Å². The third-order valence-electron chi connectivity index (χ3n) is 5.29. The van der Waals surface area contributed by atoms with Crippen LogP contribution in [0.25, 0.3) is 0 Å². The molecule has 0 atom stereocenters. The largest absolute Gasteiger partial charge is 0.317 e. The highest BCUT2D eigenvalue weighted by molar-refractivity contribution is 7.92. The van der Waals surface area contributed by atoms with E-state index in [9.17, 15) is 8.42 Å². The molecule has 1 aromatic carbocycles. The number of anilines is 1. The zero-order chi connectivity index (χ0) is 17.7. The Kier molecular flexibility index (Phi) is 4.02. The molecule has 0 aliphatic carbocycles. The number of hydrogen-bond acceptors (Lipinski definition) is 4. The minimum atomic E-state index is -3.68. The summed E-state index contributed by atoms with van der Waals surface area (Å²) in [5.74, 6) is 0. The molecule has 5 nitrogen and oxygen atoms in total. The fraction of sp³-hybridized carbons (Fsp3) is 0.389. The van der Waals surface area contributed by atoms with Crippen LogP contribution in [0.5, 0.6) is 0 Å². The zero-order valence-corrected chi connectivity index (χ0v) is 15.6. The number of sulfonamides is 1. The lowest BCUT2D eigenvalue weighted by atomic mass is 9.75. The van der Waals surface area contributed by atoms with Crippen molar-refractivity contribution in [3.63, 3.8) is 0 Å². The third-order valence-corrected chi connectivity index (χ3v) is 7.25. The first-order valence-corrected chi connectivity index (χ1v) is 10.2. The number of fused-ring (bicyclic) bond motifs is 2. The monoisotopic (exact) mass is 377 g/mol. The van der Waals surface area contributed by atoms with Crippen molar-refractivity contribution in [2.24, 2.45) is 0 Å².